The van der Waals surface area contributed by atoms with E-state index in [4.69, 9.17) is 25.2 Å². The fourth-order valence-electron chi connectivity index (χ4n) is 1.04. The Morgan fingerprint density at radius 3 is 2.75 bits per heavy atom. The molecule has 0 saturated heterocycles. The van der Waals surface area contributed by atoms with Crippen LogP contribution in [0.15, 0.2) is 16.7 Å². The maximum absolute atomic E-state index is 5.73. The van der Waals surface area contributed by atoms with Crippen LogP contribution in [0, 0.1) is 5.92 Å². The smallest absolute Gasteiger partial charge is 0.120 e. The molecule has 2 N–H and O–H groups in total. The number of rotatable bonds is 3. The second kappa shape index (κ2) is 4.56. The molecule has 0 bridgehead atoms. The fraction of sp³-hybridized carbons (Fsp3) is 0.625. The molecule has 0 amide bonds. The van der Waals surface area contributed by atoms with Crippen molar-refractivity contribution in [2.24, 2.45) is 16.6 Å². The quantitative estimate of drug-likeness (QED) is 0.520. The van der Waals surface area contributed by atoms with Gasteiger partial charge in [-0.1, -0.05) is 18.0 Å². The van der Waals surface area contributed by atoms with Gasteiger partial charge in [0.2, 0.25) is 0 Å². The zero-order chi connectivity index (χ0) is 8.97. The van der Waals surface area contributed by atoms with Gasteiger partial charge in [-0.15, -0.1) is 0 Å². The Bertz CT molecular complexity index is 209. The Hall–Kier alpha value is -0.435. The van der Waals surface area contributed by atoms with Gasteiger partial charge in [-0.2, -0.15) is 0 Å². The van der Waals surface area contributed by atoms with Crippen molar-refractivity contribution in [1.82, 2.24) is 0 Å². The first-order chi connectivity index (χ1) is 5.74. The van der Waals surface area contributed by atoms with Gasteiger partial charge in [-0.3, -0.25) is 4.99 Å². The van der Waals surface area contributed by atoms with Crippen LogP contribution in [-0.4, -0.2) is 19.6 Å². The molecule has 1 rings (SSSR count). The Morgan fingerprint density at radius 2 is 2.33 bits per heavy atom. The van der Waals surface area contributed by atoms with Gasteiger partial charge in [0.15, 0.2) is 0 Å². The predicted octanol–water partition coefficient (Wildman–Crippen LogP) is 1.39. The molecule has 1 aliphatic carbocycles. The van der Waals surface area contributed by atoms with Crippen molar-refractivity contribution in [2.75, 3.05) is 6.54 Å². The minimum absolute atomic E-state index is 0.337. The van der Waals surface area contributed by atoms with Crippen LogP contribution in [0.4, 0.5) is 0 Å². The molecule has 12 heavy (non-hydrogen) atoms. The van der Waals surface area contributed by atoms with E-state index in [0.29, 0.717) is 16.6 Å². The zero-order valence-electron chi connectivity index (χ0n) is 6.96. The third-order valence-corrected chi connectivity index (χ3v) is 2.47. The summed E-state index contributed by atoms with van der Waals surface area (Å²) >= 11 is 5.73. The highest BCUT2D eigenvalue weighted by atomic mass is 35.5. The summed E-state index contributed by atoms with van der Waals surface area (Å²) in [6.07, 6.45) is 5.12. The highest BCUT2D eigenvalue weighted by molar-refractivity contribution is 6.74. The van der Waals surface area contributed by atoms with Crippen LogP contribution in [0.25, 0.3) is 0 Å². The summed E-state index contributed by atoms with van der Waals surface area (Å²) in [4.78, 5) is 4.13. The monoisotopic (exact) mass is 182 g/mol. The average molecular weight is 182 g/mol. The van der Waals surface area contributed by atoms with Gasteiger partial charge in [0.25, 0.3) is 0 Å². The SMILES string of the molecule is [B]/C(=C/N)C(Cl)=NCC1CCC1. The van der Waals surface area contributed by atoms with Crippen LogP contribution in [0.2, 0.25) is 0 Å². The molecule has 2 radical (unpaired) electrons. The van der Waals surface area contributed by atoms with Crippen molar-refractivity contribution in [3.8, 4) is 0 Å². The van der Waals surface area contributed by atoms with Crippen molar-refractivity contribution in [1.29, 1.82) is 0 Å². The number of halogens is 1. The lowest BCUT2D eigenvalue weighted by Crippen LogP contribution is -2.15. The van der Waals surface area contributed by atoms with Crippen LogP contribution in [0.3, 0.4) is 0 Å². The van der Waals surface area contributed by atoms with Gasteiger partial charge in [0, 0.05) is 6.54 Å². The van der Waals surface area contributed by atoms with E-state index in [1.54, 1.807) is 0 Å². The Balaban J connectivity index is 2.34. The number of nitrogens with zero attached hydrogens (tertiary/aromatic N) is 1. The molecule has 0 aliphatic heterocycles. The van der Waals surface area contributed by atoms with Crippen molar-refractivity contribution >= 4 is 24.6 Å². The van der Waals surface area contributed by atoms with E-state index in [-0.39, 0.29) is 0 Å². The molecule has 64 valence electrons. The summed E-state index contributed by atoms with van der Waals surface area (Å²) in [5, 5.41) is 0.337. The predicted molar refractivity (Wildman–Crippen MR) is 53.5 cm³/mol. The Kier molecular flexibility index (Phi) is 3.66. The number of nitrogens with two attached hydrogens (primary N) is 1. The van der Waals surface area contributed by atoms with Crippen molar-refractivity contribution in [2.45, 2.75) is 19.3 Å². The first-order valence-corrected chi connectivity index (χ1v) is 4.49. The molecule has 0 aromatic carbocycles. The van der Waals surface area contributed by atoms with Crippen LogP contribution < -0.4 is 5.73 Å². The van der Waals surface area contributed by atoms with Crippen LogP contribution in [0.5, 0.6) is 0 Å². The standard InChI is InChI=1S/C8H12BClN2/c9-7(4-11)8(10)12-5-6-2-1-3-6/h4,6H,1-3,5,11H2/b7-4+,12-8?. The second-order valence-corrected chi connectivity index (χ2v) is 3.41. The minimum atomic E-state index is 0.337. The van der Waals surface area contributed by atoms with E-state index >= 15 is 0 Å². The average Bonchev–Trinajstić information content (AvgIpc) is 2.00. The highest BCUT2D eigenvalue weighted by Gasteiger charge is 2.16. The number of hydrogen-bond donors (Lipinski definition) is 1. The summed E-state index contributed by atoms with van der Waals surface area (Å²) in [5.41, 5.74) is 5.53. The van der Waals surface area contributed by atoms with Gasteiger partial charge < -0.3 is 5.73 Å². The number of allylic oxidation sites excluding steroid dienone is 1. The van der Waals surface area contributed by atoms with E-state index < -0.39 is 0 Å². The number of hydrogen-bond acceptors (Lipinski definition) is 2. The maximum atomic E-state index is 5.73. The van der Waals surface area contributed by atoms with E-state index in [1.807, 2.05) is 0 Å². The fourth-order valence-corrected chi connectivity index (χ4v) is 1.18. The summed E-state index contributed by atoms with van der Waals surface area (Å²) in [7, 11) is 5.44. The molecule has 1 fully saturated rings. The molecule has 0 heterocycles. The molecule has 1 saturated carbocycles. The normalized spacial score (nSPS) is 20.8. The maximum Gasteiger partial charge on any atom is 0.120 e. The highest BCUT2D eigenvalue weighted by Crippen LogP contribution is 2.26. The van der Waals surface area contributed by atoms with Crippen LogP contribution in [0.1, 0.15) is 19.3 Å². The molecule has 0 aromatic rings. The molecule has 4 heteroatoms. The minimum Gasteiger partial charge on any atom is -0.405 e. The van der Waals surface area contributed by atoms with Crippen molar-refractivity contribution < 1.29 is 0 Å². The molecule has 0 spiro atoms. The van der Waals surface area contributed by atoms with Gasteiger partial charge in [0.1, 0.15) is 13.0 Å². The summed E-state index contributed by atoms with van der Waals surface area (Å²) < 4.78 is 0. The lowest BCUT2D eigenvalue weighted by Gasteiger charge is -2.23. The molecule has 0 unspecified atom stereocenters. The topological polar surface area (TPSA) is 38.4 Å². The summed E-state index contributed by atoms with van der Waals surface area (Å²) in [6.45, 7) is 0.785. The molecule has 2 nitrogen and oxygen atoms in total. The molecule has 0 atom stereocenters. The van der Waals surface area contributed by atoms with Crippen molar-refractivity contribution in [3.05, 3.63) is 11.7 Å². The van der Waals surface area contributed by atoms with Crippen LogP contribution >= 0.6 is 11.6 Å². The van der Waals surface area contributed by atoms with Gasteiger partial charge in [0.05, 0.1) is 0 Å². The molecule has 1 aliphatic rings. The largest absolute Gasteiger partial charge is 0.405 e. The molecular formula is C8H12BClN2. The van der Waals surface area contributed by atoms with Gasteiger partial charge in [-0.25, -0.2) is 0 Å². The molecule has 0 aromatic heterocycles. The summed E-state index contributed by atoms with van der Waals surface area (Å²) in [6, 6.07) is 0. The molecular weight excluding hydrogens is 170 g/mol. The lowest BCUT2D eigenvalue weighted by atomic mass is 9.85. The lowest BCUT2D eigenvalue weighted by molar-refractivity contribution is 0.326. The second-order valence-electron chi connectivity index (χ2n) is 3.05. The Labute approximate surface area is 79.3 Å². The third-order valence-electron chi connectivity index (χ3n) is 2.13. The first-order valence-electron chi connectivity index (χ1n) is 4.11. The van der Waals surface area contributed by atoms with E-state index in [0.717, 1.165) is 6.54 Å². The Morgan fingerprint density at radius 1 is 1.67 bits per heavy atom. The van der Waals surface area contributed by atoms with E-state index in [9.17, 15) is 0 Å². The van der Waals surface area contributed by atoms with Gasteiger partial charge in [-0.05, 0) is 30.4 Å². The van der Waals surface area contributed by atoms with E-state index in [2.05, 4.69) is 4.99 Å². The zero-order valence-corrected chi connectivity index (χ0v) is 7.72. The van der Waals surface area contributed by atoms with Crippen molar-refractivity contribution in [3.63, 3.8) is 0 Å². The van der Waals surface area contributed by atoms with E-state index in [1.165, 1.54) is 25.5 Å². The summed E-state index contributed by atoms with van der Waals surface area (Å²) in [5.74, 6) is 0.712. The third kappa shape index (κ3) is 2.56. The number of aliphatic imine (C=N–C) groups is 1. The van der Waals surface area contributed by atoms with Gasteiger partial charge >= 0.3 is 0 Å². The first kappa shape index (κ1) is 9.65. The van der Waals surface area contributed by atoms with Crippen LogP contribution in [-0.2, 0) is 0 Å².